The first-order chi connectivity index (χ1) is 16.2. The molecule has 3 aromatic carbocycles. The maximum Gasteiger partial charge on any atom is 0.305 e. The average Bonchev–Trinajstić information content (AvgIpc) is 3.13. The van der Waals surface area contributed by atoms with Gasteiger partial charge in [0, 0.05) is 41.0 Å². The fourth-order valence-electron chi connectivity index (χ4n) is 4.29. The number of hydrogen-bond donors (Lipinski definition) is 1. The molecule has 1 aliphatic rings. The summed E-state index contributed by atoms with van der Waals surface area (Å²) in [5.41, 5.74) is 3.02. The van der Waals surface area contributed by atoms with E-state index in [0.29, 0.717) is 17.0 Å². The van der Waals surface area contributed by atoms with Crippen LogP contribution < -0.4 is 4.74 Å². The van der Waals surface area contributed by atoms with Crippen molar-refractivity contribution in [2.75, 3.05) is 6.54 Å². The van der Waals surface area contributed by atoms with Gasteiger partial charge in [0.15, 0.2) is 0 Å². The van der Waals surface area contributed by atoms with Crippen molar-refractivity contribution in [1.82, 2.24) is 4.90 Å². The summed E-state index contributed by atoms with van der Waals surface area (Å²) in [5, 5.41) is 9.72. The van der Waals surface area contributed by atoms with E-state index in [4.69, 9.17) is 16.3 Å². The van der Waals surface area contributed by atoms with E-state index in [1.807, 2.05) is 42.5 Å². The molecule has 0 fully saturated rings. The molecule has 1 aliphatic heterocycles. The molecule has 0 saturated heterocycles. The van der Waals surface area contributed by atoms with E-state index in [1.54, 1.807) is 12.1 Å². The number of carbonyl (C=O) groups excluding carboxylic acids is 1. The Morgan fingerprint density at radius 2 is 1.85 bits per heavy atom. The van der Waals surface area contributed by atoms with E-state index in [2.05, 4.69) is 35.0 Å². The minimum Gasteiger partial charge on any atom is -0.487 e. The van der Waals surface area contributed by atoms with Crippen LogP contribution in [0.2, 0.25) is 5.02 Å². The summed E-state index contributed by atoms with van der Waals surface area (Å²) >= 11 is 9.76. The average molecular weight is 543 g/mol. The van der Waals surface area contributed by atoms with Crippen molar-refractivity contribution in [2.45, 2.75) is 38.3 Å². The third-order valence-corrected chi connectivity index (χ3v) is 6.82. The third kappa shape index (κ3) is 5.80. The molecule has 4 rings (SSSR count). The van der Waals surface area contributed by atoms with Crippen LogP contribution in [0.3, 0.4) is 0 Å². The fourth-order valence-corrected chi connectivity index (χ4v) is 4.74. The van der Waals surface area contributed by atoms with E-state index in [-0.39, 0.29) is 25.4 Å². The molecule has 0 aromatic heterocycles. The predicted octanol–water partition coefficient (Wildman–Crippen LogP) is 6.16. The van der Waals surface area contributed by atoms with Gasteiger partial charge < -0.3 is 14.7 Å². The van der Waals surface area contributed by atoms with Crippen LogP contribution in [0.25, 0.3) is 0 Å². The SMILES string of the molecule is C[C@@]1(Cc2ccc(Br)cc2)Cc2cc(C(=O)N(CCC(=O)O)Cc3ccccc3Cl)ccc2O1. The minimum absolute atomic E-state index is 0.0915. The highest BCUT2D eigenvalue weighted by atomic mass is 79.9. The normalized spacial score (nSPS) is 16.6. The lowest BCUT2D eigenvalue weighted by molar-refractivity contribution is -0.137. The molecular weight excluding hydrogens is 518 g/mol. The summed E-state index contributed by atoms with van der Waals surface area (Å²) < 4.78 is 7.31. The summed E-state index contributed by atoms with van der Waals surface area (Å²) in [6, 6.07) is 20.9. The van der Waals surface area contributed by atoms with Crippen molar-refractivity contribution in [1.29, 1.82) is 0 Å². The number of halogens is 2. The molecular formula is C27H25BrClNO4. The zero-order chi connectivity index (χ0) is 24.3. The van der Waals surface area contributed by atoms with Gasteiger partial charge in [0.2, 0.25) is 0 Å². The number of carboxylic acids is 1. The summed E-state index contributed by atoms with van der Waals surface area (Å²) in [6.45, 7) is 2.40. The Labute approximate surface area is 212 Å². The highest BCUT2D eigenvalue weighted by Gasteiger charge is 2.35. The molecule has 0 spiro atoms. The summed E-state index contributed by atoms with van der Waals surface area (Å²) in [7, 11) is 0. The van der Waals surface area contributed by atoms with Crippen LogP contribution in [0.15, 0.2) is 71.2 Å². The first kappa shape index (κ1) is 24.3. The number of ether oxygens (including phenoxy) is 1. The Morgan fingerprint density at radius 1 is 1.12 bits per heavy atom. The summed E-state index contributed by atoms with van der Waals surface area (Å²) in [4.78, 5) is 26.1. The number of amides is 1. The lowest BCUT2D eigenvalue weighted by Gasteiger charge is -2.24. The number of carbonyl (C=O) groups is 2. The topological polar surface area (TPSA) is 66.8 Å². The lowest BCUT2D eigenvalue weighted by Crippen LogP contribution is -2.33. The molecule has 1 heterocycles. The molecule has 0 radical (unpaired) electrons. The van der Waals surface area contributed by atoms with Crippen molar-refractivity contribution in [3.8, 4) is 5.75 Å². The third-order valence-electron chi connectivity index (χ3n) is 5.92. The van der Waals surface area contributed by atoms with Gasteiger partial charge in [0.1, 0.15) is 11.4 Å². The molecule has 5 nitrogen and oxygen atoms in total. The lowest BCUT2D eigenvalue weighted by atomic mass is 9.91. The van der Waals surface area contributed by atoms with Gasteiger partial charge in [0.05, 0.1) is 6.42 Å². The number of carboxylic acid groups (broad SMARTS) is 1. The number of fused-ring (bicyclic) bond motifs is 1. The van der Waals surface area contributed by atoms with E-state index >= 15 is 0 Å². The summed E-state index contributed by atoms with van der Waals surface area (Å²) in [6.07, 6.45) is 1.28. The van der Waals surface area contributed by atoms with Gasteiger partial charge in [-0.1, -0.05) is 57.9 Å². The molecule has 1 N–H and O–H groups in total. The molecule has 34 heavy (non-hydrogen) atoms. The van der Waals surface area contributed by atoms with Crippen LogP contribution in [0.4, 0.5) is 0 Å². The highest BCUT2D eigenvalue weighted by Crippen LogP contribution is 2.38. The number of hydrogen-bond acceptors (Lipinski definition) is 3. The Balaban J connectivity index is 1.53. The smallest absolute Gasteiger partial charge is 0.305 e. The molecule has 176 valence electrons. The molecule has 0 aliphatic carbocycles. The number of rotatable bonds is 8. The maximum absolute atomic E-state index is 13.4. The highest BCUT2D eigenvalue weighted by molar-refractivity contribution is 9.10. The minimum atomic E-state index is -0.956. The van der Waals surface area contributed by atoms with Crippen LogP contribution in [0, 0.1) is 0 Å². The van der Waals surface area contributed by atoms with Crippen LogP contribution >= 0.6 is 27.5 Å². The monoisotopic (exact) mass is 541 g/mol. The van der Waals surface area contributed by atoms with Crippen molar-refractivity contribution in [3.63, 3.8) is 0 Å². The van der Waals surface area contributed by atoms with Gasteiger partial charge in [-0.05, 0) is 60.0 Å². The zero-order valence-electron chi connectivity index (χ0n) is 18.8. The van der Waals surface area contributed by atoms with Crippen molar-refractivity contribution >= 4 is 39.4 Å². The summed E-state index contributed by atoms with van der Waals surface area (Å²) in [5.74, 6) is -0.409. The molecule has 7 heteroatoms. The van der Waals surface area contributed by atoms with Gasteiger partial charge in [-0.2, -0.15) is 0 Å². The number of aliphatic carboxylic acids is 1. The van der Waals surface area contributed by atoms with E-state index in [1.165, 1.54) is 10.5 Å². The zero-order valence-corrected chi connectivity index (χ0v) is 21.1. The quantitative estimate of drug-likeness (QED) is 0.370. The molecule has 0 bridgehead atoms. The number of nitrogens with zero attached hydrogens (tertiary/aromatic N) is 1. The predicted molar refractivity (Wildman–Crippen MR) is 135 cm³/mol. The number of benzene rings is 3. The van der Waals surface area contributed by atoms with E-state index in [0.717, 1.165) is 27.8 Å². The largest absolute Gasteiger partial charge is 0.487 e. The molecule has 1 amide bonds. The Kier molecular flexibility index (Phi) is 7.29. The molecule has 0 unspecified atom stereocenters. The second kappa shape index (κ2) is 10.2. The van der Waals surface area contributed by atoms with Crippen LogP contribution in [0.1, 0.15) is 40.4 Å². The maximum atomic E-state index is 13.4. The Bertz CT molecular complexity index is 1210. The van der Waals surface area contributed by atoms with E-state index in [9.17, 15) is 14.7 Å². The van der Waals surface area contributed by atoms with Crippen LogP contribution in [0.5, 0.6) is 5.75 Å². The van der Waals surface area contributed by atoms with Crippen molar-refractivity contribution < 1.29 is 19.4 Å². The fraction of sp³-hybridized carbons (Fsp3) is 0.259. The van der Waals surface area contributed by atoms with Gasteiger partial charge in [0.25, 0.3) is 5.91 Å². The van der Waals surface area contributed by atoms with Crippen molar-refractivity contribution in [3.05, 3.63) is 98.5 Å². The van der Waals surface area contributed by atoms with Gasteiger partial charge in [-0.25, -0.2) is 0 Å². The second-order valence-corrected chi connectivity index (χ2v) is 10.1. The first-order valence-corrected chi connectivity index (χ1v) is 12.2. The van der Waals surface area contributed by atoms with E-state index < -0.39 is 11.6 Å². The van der Waals surface area contributed by atoms with Gasteiger partial charge in [-0.15, -0.1) is 0 Å². The standard InChI is InChI=1S/C27H25BrClNO4/c1-27(15-18-6-9-22(28)10-7-18)16-21-14-19(8-11-24(21)34-27)26(33)30(13-12-25(31)32)17-20-4-2-3-5-23(20)29/h2-11,14H,12-13,15-17H2,1H3,(H,31,32)/t27-/m1/s1. The van der Waals surface area contributed by atoms with Gasteiger partial charge >= 0.3 is 5.97 Å². The first-order valence-electron chi connectivity index (χ1n) is 11.0. The van der Waals surface area contributed by atoms with Crippen LogP contribution in [-0.2, 0) is 24.2 Å². The van der Waals surface area contributed by atoms with Crippen LogP contribution in [-0.4, -0.2) is 34.0 Å². The second-order valence-electron chi connectivity index (χ2n) is 8.82. The van der Waals surface area contributed by atoms with Crippen molar-refractivity contribution in [2.24, 2.45) is 0 Å². The van der Waals surface area contributed by atoms with Gasteiger partial charge in [-0.3, -0.25) is 9.59 Å². The molecule has 0 saturated carbocycles. The molecule has 1 atom stereocenters. The Morgan fingerprint density at radius 3 is 2.56 bits per heavy atom. The Hall–Kier alpha value is -2.83. The molecule has 3 aromatic rings.